The van der Waals surface area contributed by atoms with Gasteiger partial charge in [-0.05, 0) is 24.4 Å². The molecule has 1 N–H and O–H groups in total. The molecule has 7 heteroatoms. The van der Waals surface area contributed by atoms with Crippen molar-refractivity contribution in [3.63, 3.8) is 0 Å². The van der Waals surface area contributed by atoms with Crippen LogP contribution in [0.2, 0.25) is 10.3 Å². The van der Waals surface area contributed by atoms with Gasteiger partial charge in [-0.15, -0.1) is 0 Å². The molecule has 2 heterocycles. The molecule has 1 saturated heterocycles. The van der Waals surface area contributed by atoms with Crippen LogP contribution in [0, 0.1) is 5.92 Å². The van der Waals surface area contributed by atoms with Crippen molar-refractivity contribution in [2.24, 2.45) is 5.92 Å². The molecule has 5 nitrogen and oxygen atoms in total. The van der Waals surface area contributed by atoms with Crippen LogP contribution in [0.1, 0.15) is 12.8 Å². The average molecular weight is 276 g/mol. The summed E-state index contributed by atoms with van der Waals surface area (Å²) in [7, 11) is 0. The fourth-order valence-corrected chi connectivity index (χ4v) is 2.24. The van der Waals surface area contributed by atoms with Crippen LogP contribution in [0.25, 0.3) is 0 Å². The van der Waals surface area contributed by atoms with E-state index in [-0.39, 0.29) is 11.2 Å². The number of carbonyl (C=O) groups is 1. The number of hydrogen-bond donors (Lipinski definition) is 1. The summed E-state index contributed by atoms with van der Waals surface area (Å²) in [5, 5.41) is 9.48. The van der Waals surface area contributed by atoms with Crippen LogP contribution in [0.3, 0.4) is 0 Å². The molecule has 92 valence electrons. The van der Waals surface area contributed by atoms with Crippen LogP contribution in [0.4, 0.5) is 5.82 Å². The summed E-state index contributed by atoms with van der Waals surface area (Å²) < 4.78 is 0. The van der Waals surface area contributed by atoms with Gasteiger partial charge in [0.2, 0.25) is 5.28 Å². The third-order valence-electron chi connectivity index (χ3n) is 2.84. The largest absolute Gasteiger partial charge is 0.481 e. The van der Waals surface area contributed by atoms with E-state index >= 15 is 0 Å². The molecule has 0 aliphatic carbocycles. The highest BCUT2D eigenvalue weighted by Crippen LogP contribution is 2.28. The Balaban J connectivity index is 2.10. The fraction of sp³-hybridized carbons (Fsp3) is 0.500. The van der Waals surface area contributed by atoms with Gasteiger partial charge >= 0.3 is 5.97 Å². The zero-order chi connectivity index (χ0) is 12.4. The van der Waals surface area contributed by atoms with Gasteiger partial charge in [0.15, 0.2) is 5.82 Å². The van der Waals surface area contributed by atoms with Crippen molar-refractivity contribution in [2.75, 3.05) is 18.0 Å². The van der Waals surface area contributed by atoms with Gasteiger partial charge in [0, 0.05) is 13.1 Å². The van der Waals surface area contributed by atoms with E-state index in [0.717, 1.165) is 0 Å². The molecule has 0 aromatic carbocycles. The molecule has 1 aromatic heterocycles. The summed E-state index contributed by atoms with van der Waals surface area (Å²) in [5.74, 6) is -0.436. The highest BCUT2D eigenvalue weighted by molar-refractivity contribution is 6.33. The van der Waals surface area contributed by atoms with E-state index < -0.39 is 5.97 Å². The van der Waals surface area contributed by atoms with E-state index in [1.165, 1.54) is 6.20 Å². The zero-order valence-corrected chi connectivity index (χ0v) is 10.4. The van der Waals surface area contributed by atoms with Crippen LogP contribution in [0.5, 0.6) is 0 Å². The number of carboxylic acids is 1. The highest BCUT2D eigenvalue weighted by atomic mass is 35.5. The molecule has 1 aliphatic rings. The van der Waals surface area contributed by atoms with Gasteiger partial charge in [-0.2, -0.15) is 4.98 Å². The molecule has 2 rings (SSSR count). The maximum absolute atomic E-state index is 10.8. The van der Waals surface area contributed by atoms with E-state index in [0.29, 0.717) is 36.8 Å². The number of rotatable bonds is 2. The Hall–Kier alpha value is -1.07. The van der Waals surface area contributed by atoms with Gasteiger partial charge in [0.25, 0.3) is 0 Å². The minimum Gasteiger partial charge on any atom is -0.481 e. The molecule has 0 amide bonds. The van der Waals surface area contributed by atoms with Crippen LogP contribution in [0.15, 0.2) is 6.20 Å². The topological polar surface area (TPSA) is 66.3 Å². The van der Waals surface area contributed by atoms with E-state index in [1.807, 2.05) is 4.90 Å². The Morgan fingerprint density at radius 1 is 1.41 bits per heavy atom. The molecule has 0 radical (unpaired) electrons. The number of carboxylic acid groups (broad SMARTS) is 1. The van der Waals surface area contributed by atoms with Crippen molar-refractivity contribution in [1.82, 2.24) is 9.97 Å². The maximum Gasteiger partial charge on any atom is 0.306 e. The van der Waals surface area contributed by atoms with Crippen LogP contribution >= 0.6 is 23.2 Å². The Bertz CT molecular complexity index is 434. The highest BCUT2D eigenvalue weighted by Gasteiger charge is 2.26. The monoisotopic (exact) mass is 275 g/mol. The Morgan fingerprint density at radius 2 is 2.06 bits per heavy atom. The third kappa shape index (κ3) is 2.79. The van der Waals surface area contributed by atoms with Crippen molar-refractivity contribution >= 4 is 35.0 Å². The quantitative estimate of drug-likeness (QED) is 0.838. The summed E-state index contributed by atoms with van der Waals surface area (Å²) in [5.41, 5.74) is 0. The fourth-order valence-electron chi connectivity index (χ4n) is 1.90. The van der Waals surface area contributed by atoms with E-state index in [1.54, 1.807) is 0 Å². The molecule has 0 unspecified atom stereocenters. The molecule has 17 heavy (non-hydrogen) atoms. The first-order valence-electron chi connectivity index (χ1n) is 5.23. The molecular weight excluding hydrogens is 265 g/mol. The Morgan fingerprint density at radius 3 is 2.65 bits per heavy atom. The molecular formula is C10H11Cl2N3O2. The number of nitrogens with zero attached hydrogens (tertiary/aromatic N) is 3. The SMILES string of the molecule is O=C(O)C1CCN(c2nc(Cl)ncc2Cl)CC1. The lowest BCUT2D eigenvalue weighted by atomic mass is 9.97. The van der Waals surface area contributed by atoms with Gasteiger partial charge in [-0.1, -0.05) is 11.6 Å². The van der Waals surface area contributed by atoms with Crippen molar-refractivity contribution in [3.05, 3.63) is 16.5 Å². The number of halogens is 2. The lowest BCUT2D eigenvalue weighted by Gasteiger charge is -2.31. The first kappa shape index (κ1) is 12.4. The summed E-state index contributed by atoms with van der Waals surface area (Å²) in [6.45, 7) is 1.23. The van der Waals surface area contributed by atoms with Gasteiger partial charge in [-0.3, -0.25) is 4.79 Å². The van der Waals surface area contributed by atoms with Gasteiger partial charge in [0.05, 0.1) is 12.1 Å². The van der Waals surface area contributed by atoms with Crippen molar-refractivity contribution in [3.8, 4) is 0 Å². The Kier molecular flexibility index (Phi) is 3.69. The van der Waals surface area contributed by atoms with E-state index in [4.69, 9.17) is 28.3 Å². The second-order valence-corrected chi connectivity index (χ2v) is 4.66. The molecule has 0 saturated carbocycles. The summed E-state index contributed by atoms with van der Waals surface area (Å²) in [6, 6.07) is 0. The predicted molar refractivity (Wildman–Crippen MR) is 64.6 cm³/mol. The number of aromatic nitrogens is 2. The molecule has 0 bridgehead atoms. The van der Waals surface area contributed by atoms with Crippen LogP contribution < -0.4 is 4.90 Å². The smallest absolute Gasteiger partial charge is 0.306 e. The summed E-state index contributed by atoms with van der Waals surface area (Å²) >= 11 is 11.7. The van der Waals surface area contributed by atoms with Crippen molar-refractivity contribution in [2.45, 2.75) is 12.8 Å². The minimum absolute atomic E-state index is 0.143. The lowest BCUT2D eigenvalue weighted by Crippen LogP contribution is -2.37. The minimum atomic E-state index is -0.739. The van der Waals surface area contributed by atoms with Crippen LogP contribution in [-0.4, -0.2) is 34.1 Å². The number of hydrogen-bond acceptors (Lipinski definition) is 4. The molecule has 1 aromatic rings. The van der Waals surface area contributed by atoms with Gasteiger partial charge in [-0.25, -0.2) is 4.98 Å². The standard InChI is InChI=1S/C10H11Cl2N3O2/c11-7-5-13-10(12)14-8(7)15-3-1-6(2-4-15)9(16)17/h5-6H,1-4H2,(H,16,17). The average Bonchev–Trinajstić information content (AvgIpc) is 2.32. The number of piperidine rings is 1. The van der Waals surface area contributed by atoms with Crippen LogP contribution in [-0.2, 0) is 4.79 Å². The number of aliphatic carboxylic acids is 1. The predicted octanol–water partition coefficient (Wildman–Crippen LogP) is 2.08. The molecule has 0 spiro atoms. The third-order valence-corrected chi connectivity index (χ3v) is 3.29. The molecule has 1 aliphatic heterocycles. The first-order chi connectivity index (χ1) is 8.08. The second-order valence-electron chi connectivity index (χ2n) is 3.91. The number of anilines is 1. The van der Waals surface area contributed by atoms with Gasteiger partial charge < -0.3 is 10.0 Å². The van der Waals surface area contributed by atoms with E-state index in [9.17, 15) is 4.79 Å². The lowest BCUT2D eigenvalue weighted by molar-refractivity contribution is -0.142. The van der Waals surface area contributed by atoms with E-state index in [2.05, 4.69) is 9.97 Å². The Labute approximate surface area is 108 Å². The van der Waals surface area contributed by atoms with Crippen molar-refractivity contribution < 1.29 is 9.90 Å². The zero-order valence-electron chi connectivity index (χ0n) is 8.94. The second kappa shape index (κ2) is 5.06. The first-order valence-corrected chi connectivity index (χ1v) is 5.99. The maximum atomic E-state index is 10.8. The summed E-state index contributed by atoms with van der Waals surface area (Å²) in [4.78, 5) is 20.6. The van der Waals surface area contributed by atoms with Crippen molar-refractivity contribution in [1.29, 1.82) is 0 Å². The van der Waals surface area contributed by atoms with Gasteiger partial charge in [0.1, 0.15) is 5.02 Å². The molecule has 0 atom stereocenters. The normalized spacial score (nSPS) is 17.2. The summed E-state index contributed by atoms with van der Waals surface area (Å²) in [6.07, 6.45) is 2.63. The molecule has 1 fully saturated rings.